The van der Waals surface area contributed by atoms with Crippen LogP contribution in [-0.4, -0.2) is 17.8 Å². The van der Waals surface area contributed by atoms with E-state index < -0.39 is 23.6 Å². The molecule has 0 spiro atoms. The van der Waals surface area contributed by atoms with E-state index in [4.69, 9.17) is 15.2 Å². The van der Waals surface area contributed by atoms with Crippen LogP contribution in [0.2, 0.25) is 0 Å². The van der Waals surface area contributed by atoms with Crippen LogP contribution in [0.15, 0.2) is 18.2 Å². The Hall–Kier alpha value is -2.31. The van der Waals surface area contributed by atoms with Crippen molar-refractivity contribution in [3.8, 4) is 5.75 Å². The van der Waals surface area contributed by atoms with Crippen molar-refractivity contribution in [3.63, 3.8) is 0 Å². The molecule has 0 unspecified atom stereocenters. The fraction of sp³-hybridized carbons (Fsp3) is 0.333. The zero-order chi connectivity index (χ0) is 14.6. The number of ether oxygens (including phenoxy) is 2. The fourth-order valence-electron chi connectivity index (χ4n) is 1.12. The molecule has 0 aliphatic rings. The highest BCUT2D eigenvalue weighted by atomic mass is 19.1. The molecule has 1 aromatic rings. The Kier molecular flexibility index (Phi) is 4.31. The predicted molar refractivity (Wildman–Crippen MR) is 66.2 cm³/mol. The zero-order valence-electron chi connectivity index (χ0n) is 10.8. The van der Waals surface area contributed by atoms with Crippen LogP contribution in [-0.2, 0) is 4.74 Å². The number of hydrogen-bond acceptors (Lipinski definition) is 5. The Bertz CT molecular complexity index is 497. The molecule has 0 heterocycles. The lowest BCUT2D eigenvalue weighted by Gasteiger charge is -2.19. The van der Waals surface area contributed by atoms with E-state index in [2.05, 4.69) is 0 Å². The lowest BCUT2D eigenvalue weighted by Crippen LogP contribution is -2.37. The molecule has 0 atom stereocenters. The molecular formula is C12H15FN2O4. The molecule has 1 aromatic carbocycles. The van der Waals surface area contributed by atoms with Gasteiger partial charge in [0.05, 0.1) is 0 Å². The van der Waals surface area contributed by atoms with Gasteiger partial charge in [0, 0.05) is 0 Å². The number of nitrogens with two attached hydrogens (primary N) is 1. The van der Waals surface area contributed by atoms with Crippen molar-refractivity contribution < 1.29 is 23.5 Å². The predicted octanol–water partition coefficient (Wildman–Crippen LogP) is 2.43. The van der Waals surface area contributed by atoms with E-state index in [0.29, 0.717) is 0 Å². The van der Waals surface area contributed by atoms with Crippen molar-refractivity contribution in [2.75, 3.05) is 5.73 Å². The highest BCUT2D eigenvalue weighted by Crippen LogP contribution is 2.23. The average molecular weight is 270 g/mol. The van der Waals surface area contributed by atoms with Gasteiger partial charge in [-0.05, 0) is 32.9 Å². The Labute approximate surface area is 109 Å². The third kappa shape index (κ3) is 4.82. The number of carbonyl (C=O) groups excluding carboxylic acids is 2. The number of anilines is 1. The molecule has 0 aliphatic heterocycles. The Balaban J connectivity index is 2.61. The molecule has 2 amide bonds. The number of para-hydroxylation sites is 1. The van der Waals surface area contributed by atoms with E-state index in [1.54, 1.807) is 20.8 Å². The van der Waals surface area contributed by atoms with E-state index in [0.717, 1.165) is 6.07 Å². The zero-order valence-corrected chi connectivity index (χ0v) is 10.8. The number of alkyl carbamates (subject to hydrolysis) is 1. The number of halogens is 1. The number of amides is 2. The van der Waals surface area contributed by atoms with Crippen LogP contribution in [0.25, 0.3) is 0 Å². The van der Waals surface area contributed by atoms with Crippen LogP contribution >= 0.6 is 0 Å². The summed E-state index contributed by atoms with van der Waals surface area (Å²) < 4.78 is 22.6. The number of rotatable bonds is 1. The molecule has 19 heavy (non-hydrogen) atoms. The summed E-state index contributed by atoms with van der Waals surface area (Å²) in [5, 5.41) is 1.83. The first-order chi connectivity index (χ1) is 8.69. The molecule has 1 rings (SSSR count). The highest BCUT2D eigenvalue weighted by molar-refractivity contribution is 5.89. The first kappa shape index (κ1) is 14.7. The van der Waals surface area contributed by atoms with Crippen molar-refractivity contribution in [1.82, 2.24) is 5.32 Å². The Morgan fingerprint density at radius 1 is 1.26 bits per heavy atom. The lowest BCUT2D eigenvalue weighted by molar-refractivity contribution is 0.0533. The molecule has 6 nitrogen and oxygen atoms in total. The van der Waals surface area contributed by atoms with Gasteiger partial charge in [0.2, 0.25) is 0 Å². The largest absolute Gasteiger partial charge is 0.443 e. The van der Waals surface area contributed by atoms with Crippen molar-refractivity contribution in [2.45, 2.75) is 26.4 Å². The molecule has 7 heteroatoms. The summed E-state index contributed by atoms with van der Waals surface area (Å²) in [5.41, 5.74) is 4.30. The van der Waals surface area contributed by atoms with Crippen molar-refractivity contribution in [2.24, 2.45) is 0 Å². The summed E-state index contributed by atoms with van der Waals surface area (Å²) in [5.74, 6) is -0.899. The topological polar surface area (TPSA) is 90.6 Å². The molecule has 0 radical (unpaired) electrons. The molecule has 0 fully saturated rings. The molecular weight excluding hydrogens is 255 g/mol. The van der Waals surface area contributed by atoms with E-state index in [-0.39, 0.29) is 11.4 Å². The normalized spacial score (nSPS) is 10.7. The molecule has 0 saturated heterocycles. The maximum absolute atomic E-state index is 13.1. The summed E-state index contributed by atoms with van der Waals surface area (Å²) in [4.78, 5) is 22.6. The summed E-state index contributed by atoms with van der Waals surface area (Å²) in [6.45, 7) is 4.92. The van der Waals surface area contributed by atoms with Gasteiger partial charge in [0.15, 0.2) is 5.75 Å². The minimum absolute atomic E-state index is 0.180. The van der Waals surface area contributed by atoms with Gasteiger partial charge >= 0.3 is 12.2 Å². The van der Waals surface area contributed by atoms with Gasteiger partial charge in [-0.1, -0.05) is 6.07 Å². The number of imide groups is 1. The maximum Gasteiger partial charge on any atom is 0.422 e. The molecule has 3 N–H and O–H groups in total. The van der Waals surface area contributed by atoms with Crippen LogP contribution < -0.4 is 15.8 Å². The maximum atomic E-state index is 13.1. The van der Waals surface area contributed by atoms with Gasteiger partial charge in [-0.25, -0.2) is 19.3 Å². The van der Waals surface area contributed by atoms with Crippen LogP contribution in [0.1, 0.15) is 20.8 Å². The second kappa shape index (κ2) is 5.55. The van der Waals surface area contributed by atoms with E-state index in [1.807, 2.05) is 5.32 Å². The average Bonchev–Trinajstić information content (AvgIpc) is 2.21. The Morgan fingerprint density at radius 2 is 1.89 bits per heavy atom. The fourth-order valence-corrected chi connectivity index (χ4v) is 1.12. The lowest BCUT2D eigenvalue weighted by atomic mass is 10.2. The van der Waals surface area contributed by atoms with Crippen molar-refractivity contribution in [1.29, 1.82) is 0 Å². The number of carbonyl (C=O) groups is 2. The quantitative estimate of drug-likeness (QED) is 0.765. The van der Waals surface area contributed by atoms with Gasteiger partial charge in [-0.15, -0.1) is 0 Å². The van der Waals surface area contributed by atoms with Gasteiger partial charge in [-0.3, -0.25) is 0 Å². The van der Waals surface area contributed by atoms with Crippen molar-refractivity contribution in [3.05, 3.63) is 24.0 Å². The third-order valence-corrected chi connectivity index (χ3v) is 1.82. The van der Waals surface area contributed by atoms with E-state index in [9.17, 15) is 14.0 Å². The molecule has 0 aromatic heterocycles. The van der Waals surface area contributed by atoms with Crippen molar-refractivity contribution >= 4 is 17.9 Å². The summed E-state index contributed by atoms with van der Waals surface area (Å²) >= 11 is 0. The second-order valence-corrected chi connectivity index (χ2v) is 4.67. The number of nitrogens with one attached hydrogen (secondary N) is 1. The number of hydrogen-bond donors (Lipinski definition) is 2. The SMILES string of the molecule is CC(C)(C)OC(=O)NC(=O)Oc1cccc(F)c1N. The molecule has 0 saturated carbocycles. The van der Waals surface area contributed by atoms with Gasteiger partial charge < -0.3 is 15.2 Å². The first-order valence-corrected chi connectivity index (χ1v) is 5.45. The second-order valence-electron chi connectivity index (χ2n) is 4.67. The van der Waals surface area contributed by atoms with Crippen LogP contribution in [0, 0.1) is 5.82 Å². The highest BCUT2D eigenvalue weighted by Gasteiger charge is 2.19. The summed E-state index contributed by atoms with van der Waals surface area (Å²) in [6, 6.07) is 3.74. The van der Waals surface area contributed by atoms with E-state index in [1.165, 1.54) is 12.1 Å². The molecule has 0 bridgehead atoms. The minimum atomic E-state index is -1.11. The van der Waals surface area contributed by atoms with Crippen LogP contribution in [0.4, 0.5) is 19.7 Å². The molecule has 0 aliphatic carbocycles. The monoisotopic (exact) mass is 270 g/mol. The number of benzene rings is 1. The standard InChI is InChI=1S/C12H15FN2O4/c1-12(2,3)19-11(17)15-10(16)18-8-6-4-5-7(13)9(8)14/h4-6H,14H2,1-3H3,(H,15,16,17). The smallest absolute Gasteiger partial charge is 0.422 e. The molecule has 104 valence electrons. The first-order valence-electron chi connectivity index (χ1n) is 5.45. The van der Waals surface area contributed by atoms with Crippen LogP contribution in [0.5, 0.6) is 5.75 Å². The Morgan fingerprint density at radius 3 is 2.47 bits per heavy atom. The van der Waals surface area contributed by atoms with Gasteiger partial charge in [-0.2, -0.15) is 0 Å². The van der Waals surface area contributed by atoms with Crippen LogP contribution in [0.3, 0.4) is 0 Å². The van der Waals surface area contributed by atoms with Gasteiger partial charge in [0.25, 0.3) is 0 Å². The minimum Gasteiger partial charge on any atom is -0.443 e. The number of nitrogen functional groups attached to an aromatic ring is 1. The summed E-state index contributed by atoms with van der Waals surface area (Å²) in [6.07, 6.45) is -2.07. The third-order valence-electron chi connectivity index (χ3n) is 1.82. The summed E-state index contributed by atoms with van der Waals surface area (Å²) in [7, 11) is 0. The van der Waals surface area contributed by atoms with Gasteiger partial charge in [0.1, 0.15) is 17.1 Å². The van der Waals surface area contributed by atoms with E-state index >= 15 is 0 Å².